The van der Waals surface area contributed by atoms with E-state index in [1.165, 1.54) is 293 Å². The second-order valence-corrected chi connectivity index (χ2v) is 39.5. The van der Waals surface area contributed by atoms with E-state index in [1.54, 1.807) is 0 Å². The third-order valence-corrected chi connectivity index (χ3v) is 36.9. The van der Waals surface area contributed by atoms with Gasteiger partial charge in [-0.15, -0.1) is 0 Å². The Morgan fingerprint density at radius 1 is 0.247 bits per heavy atom. The van der Waals surface area contributed by atoms with E-state index in [0.29, 0.717) is 49.3 Å². The Kier molecular flexibility index (Phi) is 30.4. The molecule has 10 nitrogen and oxygen atoms in total. The van der Waals surface area contributed by atoms with Crippen LogP contribution in [0.25, 0.3) is 0 Å². The molecule has 8 N–H and O–H groups in total. The smallest absolute Gasteiger partial charge is 0.283 e. The van der Waals surface area contributed by atoms with Crippen LogP contribution < -0.4 is 42.5 Å². The molecule has 81 heavy (non-hydrogen) atoms. The van der Waals surface area contributed by atoms with Crippen LogP contribution in [0.4, 0.5) is 0 Å². The van der Waals surface area contributed by atoms with Gasteiger partial charge in [0, 0.05) is 0 Å². The van der Waals surface area contributed by atoms with Crippen LogP contribution in [-0.2, 0) is 8.23 Å². The van der Waals surface area contributed by atoms with Gasteiger partial charge in [0.1, 0.15) is 0 Å². The van der Waals surface area contributed by atoms with Gasteiger partial charge in [-0.3, -0.25) is 42.5 Å². The summed E-state index contributed by atoms with van der Waals surface area (Å²) in [5.74, 6) is 5.97. The number of rotatable bonds is 34. The summed E-state index contributed by atoms with van der Waals surface area (Å²) in [5.41, 5.74) is 0. The number of unbranched alkanes of at least 4 members (excludes halogenated alkanes) is 18. The molecule has 0 amide bonds. The van der Waals surface area contributed by atoms with E-state index in [1.807, 2.05) is 0 Å². The average Bonchev–Trinajstić information content (AvgIpc) is 4.27. The van der Waals surface area contributed by atoms with Crippen molar-refractivity contribution in [2.45, 2.75) is 384 Å². The van der Waals surface area contributed by atoms with Crippen LogP contribution in [0.1, 0.15) is 298 Å². The summed E-state index contributed by atoms with van der Waals surface area (Å²) < 4.78 is 14.8. The maximum atomic E-state index is 7.40. The Bertz CT molecular complexity index is 1360. The van der Waals surface area contributed by atoms with Crippen LogP contribution in [0.2, 0.25) is 36.3 Å². The maximum Gasteiger partial charge on any atom is 0.283 e. The van der Waals surface area contributed by atoms with E-state index in [9.17, 15) is 0 Å². The van der Waals surface area contributed by atoms with E-state index < -0.39 is 26.6 Å². The summed E-state index contributed by atoms with van der Waals surface area (Å²) in [6.45, 7) is 14.1. The molecule has 9 rings (SSSR count). The average molecular weight is 1180 g/mol. The molecule has 5 aliphatic heterocycles. The summed E-state index contributed by atoms with van der Waals surface area (Å²) in [6.07, 6.45) is 58.9. The van der Waals surface area contributed by atoms with Crippen LogP contribution in [-0.4, -0.2) is 76.0 Å². The molecule has 8 unspecified atom stereocenters. The Hall–Kier alpha value is 0.251. The molecule has 0 radical (unpaired) electrons. The molecule has 5 heterocycles. The minimum Gasteiger partial charge on any atom is -0.440 e. The molecule has 0 aromatic carbocycles. The second-order valence-electron chi connectivity index (χ2n) is 29.2. The van der Waals surface area contributed by atoms with E-state index in [2.05, 4.69) is 84.1 Å². The van der Waals surface area contributed by atoms with Crippen LogP contribution in [0, 0.1) is 47.3 Å². The lowest BCUT2D eigenvalue weighted by Crippen LogP contribution is -2.61. The van der Waals surface area contributed by atoms with Crippen molar-refractivity contribution >= 4 is 26.6 Å². The Labute approximate surface area is 506 Å². The molecule has 8 atom stereocenters. The maximum absolute atomic E-state index is 7.40. The number of fused-ring (bicyclic) bond motifs is 20. The molecule has 0 spiro atoms. The van der Waals surface area contributed by atoms with Gasteiger partial charge in [0.25, 0.3) is 10.0 Å². The van der Waals surface area contributed by atoms with Crippen LogP contribution in [0.5, 0.6) is 0 Å². The molecule has 13 heteroatoms. The topological polar surface area (TPSA) is 115 Å². The monoisotopic (exact) mass is 1180 g/mol. The minimum absolute atomic E-state index is 0.420. The fourth-order valence-corrected chi connectivity index (χ4v) is 31.8. The van der Waals surface area contributed by atoms with Gasteiger partial charge in [0.15, 0.2) is 16.6 Å². The molecule has 4 saturated carbocycles. The summed E-state index contributed by atoms with van der Waals surface area (Å²) in [5, 5.41) is 33.8. The van der Waals surface area contributed by atoms with Crippen LogP contribution in [0.15, 0.2) is 0 Å². The summed E-state index contributed by atoms with van der Waals surface area (Å²) >= 11 is 0. The summed E-state index contributed by atoms with van der Waals surface area (Å²) in [7, 11) is -4.35. The first-order valence-corrected chi connectivity index (χ1v) is 43.4. The highest BCUT2D eigenvalue weighted by Gasteiger charge is 2.54. The zero-order valence-electron chi connectivity index (χ0n) is 54.3. The second kappa shape index (κ2) is 36.7. The summed E-state index contributed by atoms with van der Waals surface area (Å²) in [4.78, 5) is 0. The van der Waals surface area contributed by atoms with E-state index >= 15 is 0 Å². The van der Waals surface area contributed by atoms with Crippen molar-refractivity contribution in [3.8, 4) is 0 Å². The third kappa shape index (κ3) is 19.6. The van der Waals surface area contributed by atoms with Crippen LogP contribution in [0.3, 0.4) is 0 Å². The molecular formula is C68H136N8O2Si3. The number of hydrogen-bond donors (Lipinski definition) is 8. The first-order chi connectivity index (χ1) is 39.9. The summed E-state index contributed by atoms with van der Waals surface area (Å²) in [6, 6.07) is 8.50. The van der Waals surface area contributed by atoms with Crippen molar-refractivity contribution in [1.29, 1.82) is 0 Å². The Morgan fingerprint density at radius 2 is 0.407 bits per heavy atom. The zero-order valence-corrected chi connectivity index (χ0v) is 57.7. The Morgan fingerprint density at radius 3 is 0.556 bits per heavy atom. The third-order valence-electron chi connectivity index (χ3n) is 23.4. The van der Waals surface area contributed by atoms with Crippen molar-refractivity contribution in [3.05, 3.63) is 0 Å². The van der Waals surface area contributed by atoms with Gasteiger partial charge < -0.3 is 8.23 Å². The fourth-order valence-electron chi connectivity index (χ4n) is 18.7. The molecule has 472 valence electrons. The van der Waals surface area contributed by atoms with Gasteiger partial charge in [-0.1, -0.05) is 247 Å². The van der Waals surface area contributed by atoms with Gasteiger partial charge in [0.2, 0.25) is 0 Å². The van der Waals surface area contributed by atoms with Gasteiger partial charge >= 0.3 is 0 Å². The first kappa shape index (κ1) is 67.2. The molecule has 4 aliphatic carbocycles. The molecule has 9 fully saturated rings. The first-order valence-electron chi connectivity index (χ1n) is 37.2. The van der Waals surface area contributed by atoms with Gasteiger partial charge in [-0.2, -0.15) is 0 Å². The minimum atomic E-state index is -1.72. The Balaban J connectivity index is 0.000000212. The van der Waals surface area contributed by atoms with Gasteiger partial charge in [-0.25, -0.2) is 0 Å². The highest BCUT2D eigenvalue weighted by atomic mass is 28.4. The van der Waals surface area contributed by atoms with Crippen molar-refractivity contribution in [2.75, 3.05) is 0 Å². The van der Waals surface area contributed by atoms with E-state index in [4.69, 9.17) is 8.23 Å². The number of hydrogen-bond acceptors (Lipinski definition) is 10. The predicted octanol–water partition coefficient (Wildman–Crippen LogP) is 16.0. The van der Waals surface area contributed by atoms with Crippen molar-refractivity contribution in [3.63, 3.8) is 0 Å². The van der Waals surface area contributed by atoms with E-state index in [0.717, 1.165) is 47.3 Å². The van der Waals surface area contributed by atoms with Gasteiger partial charge in [-0.05, 0) is 135 Å². The fraction of sp³-hybridized carbons (Fsp3) is 1.00. The lowest BCUT2D eigenvalue weighted by Gasteiger charge is -2.37. The quantitative estimate of drug-likeness (QED) is 0.0234. The van der Waals surface area contributed by atoms with Crippen molar-refractivity contribution < 1.29 is 8.23 Å². The standard InChI is InChI=1S/C36H80O2Si3.C32H56N8/c1-7-13-19-25-31-40(32-26-20-14-8-2,33-27-21-15-9-3)37-39-38-41(34-28-22-16-10-4,35-29-23-17-11-5)36-30-24-18-12-6;1-2-10-18-17(9-1)25-33-26(18)38-28-21-13-5-6-14-22(21)30(35-28)40-32-24-16-8-7-15-23(24)31(36-32)39-29-20-12-4-3-11-19(20)27(34-29)37-25/h7-36,39H2,1-6H3;17-40H,1-16H2. The lowest BCUT2D eigenvalue weighted by atomic mass is 9.76. The highest BCUT2D eigenvalue weighted by Crippen LogP contribution is 2.46. The molecule has 0 aromatic heterocycles. The SMILES string of the molecule is C1CCC2C3NC(NC4NC(NC5NC(NC6NC(N3)C3CCCCC63)C3CCCCC53)C3CCCCC43)C2C1.CCCCCC[Si](CCCCCC)(CCCCCC)O[SiH2]O[Si](CCCCCC)(CCCCCC)CCCCCC. The molecule has 0 aromatic rings. The van der Waals surface area contributed by atoms with Crippen molar-refractivity contribution in [2.24, 2.45) is 47.3 Å². The lowest BCUT2D eigenvalue weighted by molar-refractivity contribution is 0.167. The molecule has 9 aliphatic rings. The van der Waals surface area contributed by atoms with E-state index in [-0.39, 0.29) is 0 Å². The van der Waals surface area contributed by atoms with Crippen molar-refractivity contribution in [1.82, 2.24) is 42.5 Å². The van der Waals surface area contributed by atoms with Crippen LogP contribution >= 0.6 is 0 Å². The molecule has 8 bridgehead atoms. The van der Waals surface area contributed by atoms with Gasteiger partial charge in [0.05, 0.1) is 49.3 Å². The normalized spacial score (nSPS) is 34.7. The highest BCUT2D eigenvalue weighted by molar-refractivity contribution is 6.80. The zero-order chi connectivity index (χ0) is 56.5. The molecular weight excluding hydrogens is 1050 g/mol. The largest absolute Gasteiger partial charge is 0.440 e. The predicted molar refractivity (Wildman–Crippen MR) is 353 cm³/mol. The molecule has 5 saturated heterocycles. The number of nitrogens with one attached hydrogen (secondary N) is 8.